The number of aromatic nitrogens is 3. The van der Waals surface area contributed by atoms with E-state index in [2.05, 4.69) is 25.2 Å². The highest BCUT2D eigenvalue weighted by Crippen LogP contribution is 2.27. The van der Waals surface area contributed by atoms with Crippen molar-refractivity contribution in [3.8, 4) is 11.1 Å². The molecule has 0 atom stereocenters. The van der Waals surface area contributed by atoms with E-state index in [0.717, 1.165) is 54.9 Å². The van der Waals surface area contributed by atoms with E-state index in [0.29, 0.717) is 5.69 Å². The van der Waals surface area contributed by atoms with Gasteiger partial charge in [0, 0.05) is 60.9 Å². The number of hydrogen-bond donors (Lipinski definition) is 1. The van der Waals surface area contributed by atoms with Gasteiger partial charge in [0.2, 0.25) is 0 Å². The fraction of sp³-hybridized carbons (Fsp3) is 0.364. The zero-order chi connectivity index (χ0) is 20.3. The minimum absolute atomic E-state index is 0.188. The first-order valence-electron chi connectivity index (χ1n) is 9.80. The third-order valence-electron chi connectivity index (χ3n) is 4.99. The van der Waals surface area contributed by atoms with Crippen LogP contribution in [0.4, 0.5) is 0 Å². The van der Waals surface area contributed by atoms with Gasteiger partial charge >= 0.3 is 0 Å². The fourth-order valence-electron chi connectivity index (χ4n) is 3.68. The molecule has 150 valence electrons. The molecular weight excluding hydrogens is 366 g/mol. The number of ether oxygens (including phenoxy) is 1. The number of morpholine rings is 1. The summed E-state index contributed by atoms with van der Waals surface area (Å²) in [7, 11) is 0. The lowest BCUT2D eigenvalue weighted by Crippen LogP contribution is -2.53. The predicted molar refractivity (Wildman–Crippen MR) is 112 cm³/mol. The van der Waals surface area contributed by atoms with E-state index in [4.69, 9.17) is 4.74 Å². The average Bonchev–Trinajstić information content (AvgIpc) is 2.73. The van der Waals surface area contributed by atoms with Crippen molar-refractivity contribution >= 4 is 16.8 Å². The molecule has 0 bridgehead atoms. The normalized spacial score (nSPS) is 15.4. The minimum atomic E-state index is -0.391. The van der Waals surface area contributed by atoms with Crippen molar-refractivity contribution in [3.05, 3.63) is 54.7 Å². The number of hydrogen-bond acceptors (Lipinski definition) is 6. The second kappa shape index (κ2) is 8.23. The van der Waals surface area contributed by atoms with Crippen LogP contribution in [0, 0.1) is 0 Å². The third-order valence-corrected chi connectivity index (χ3v) is 4.99. The maximum Gasteiger partial charge on any atom is 0.270 e. The molecule has 29 heavy (non-hydrogen) atoms. The van der Waals surface area contributed by atoms with Crippen LogP contribution >= 0.6 is 0 Å². The Bertz CT molecular complexity index is 1000. The van der Waals surface area contributed by atoms with Crippen LogP contribution in [0.25, 0.3) is 22.0 Å². The Balaban J connectivity index is 1.62. The Hall–Kier alpha value is -2.90. The van der Waals surface area contributed by atoms with E-state index in [1.165, 1.54) is 0 Å². The van der Waals surface area contributed by atoms with E-state index < -0.39 is 5.54 Å². The molecule has 1 fully saturated rings. The second-order valence-electron chi connectivity index (χ2n) is 7.92. The van der Waals surface area contributed by atoms with E-state index in [1.807, 2.05) is 38.1 Å². The van der Waals surface area contributed by atoms with Crippen LogP contribution in [0.2, 0.25) is 0 Å². The van der Waals surface area contributed by atoms with Crippen molar-refractivity contribution in [2.75, 3.05) is 32.8 Å². The Morgan fingerprint density at radius 2 is 1.97 bits per heavy atom. The molecule has 1 saturated heterocycles. The molecule has 1 aliphatic heterocycles. The first-order valence-corrected chi connectivity index (χ1v) is 9.80. The Morgan fingerprint density at radius 1 is 1.17 bits per heavy atom. The number of rotatable bonds is 5. The monoisotopic (exact) mass is 391 g/mol. The molecule has 1 aliphatic rings. The molecule has 4 heterocycles. The van der Waals surface area contributed by atoms with Crippen molar-refractivity contribution < 1.29 is 9.53 Å². The van der Waals surface area contributed by atoms with Crippen LogP contribution in [0.3, 0.4) is 0 Å². The molecule has 7 heteroatoms. The molecule has 3 aromatic rings. The number of carbonyl (C=O) groups is 1. The van der Waals surface area contributed by atoms with Crippen LogP contribution in [0.5, 0.6) is 0 Å². The van der Waals surface area contributed by atoms with Gasteiger partial charge in [0.1, 0.15) is 5.69 Å². The lowest BCUT2D eigenvalue weighted by molar-refractivity contribution is 0.0269. The molecule has 4 rings (SSSR count). The standard InChI is InChI=1S/C22H25N5O2/c1-22(2,15-27-8-10-29-11-9-27)26-21(28)20-12-17(16-4-3-6-23-13-16)18-14-24-7-5-19(18)25-20/h3-7,12-14H,8-11,15H2,1-2H3,(H,26,28). The first kappa shape index (κ1) is 19.4. The summed E-state index contributed by atoms with van der Waals surface area (Å²) in [6.45, 7) is 8.06. The van der Waals surface area contributed by atoms with E-state index in [9.17, 15) is 4.79 Å². The molecule has 0 aromatic carbocycles. The third kappa shape index (κ3) is 4.58. The molecule has 0 radical (unpaired) electrons. The zero-order valence-corrected chi connectivity index (χ0v) is 16.8. The average molecular weight is 391 g/mol. The molecule has 1 N–H and O–H groups in total. The number of carbonyl (C=O) groups excluding carboxylic acids is 1. The topological polar surface area (TPSA) is 80.2 Å². The van der Waals surface area contributed by atoms with Crippen molar-refractivity contribution in [2.45, 2.75) is 19.4 Å². The van der Waals surface area contributed by atoms with E-state index in [1.54, 1.807) is 24.8 Å². The molecule has 3 aromatic heterocycles. The Labute approximate surface area is 170 Å². The van der Waals surface area contributed by atoms with Gasteiger partial charge in [-0.1, -0.05) is 6.07 Å². The highest BCUT2D eigenvalue weighted by Gasteiger charge is 2.26. The number of nitrogens with zero attached hydrogens (tertiary/aromatic N) is 4. The number of amides is 1. The van der Waals surface area contributed by atoms with Gasteiger partial charge in [-0.3, -0.25) is 19.7 Å². The van der Waals surface area contributed by atoms with Gasteiger partial charge in [0.15, 0.2) is 0 Å². The summed E-state index contributed by atoms with van der Waals surface area (Å²) in [5, 5.41) is 4.04. The summed E-state index contributed by atoms with van der Waals surface area (Å²) < 4.78 is 5.41. The molecule has 0 saturated carbocycles. The van der Waals surface area contributed by atoms with Crippen molar-refractivity contribution in [1.29, 1.82) is 0 Å². The Morgan fingerprint density at radius 3 is 2.72 bits per heavy atom. The summed E-state index contributed by atoms with van der Waals surface area (Å²) in [6, 6.07) is 7.49. The van der Waals surface area contributed by atoms with Crippen molar-refractivity contribution in [2.24, 2.45) is 0 Å². The quantitative estimate of drug-likeness (QED) is 0.720. The molecule has 0 aliphatic carbocycles. The second-order valence-corrected chi connectivity index (χ2v) is 7.92. The Kier molecular flexibility index (Phi) is 5.51. The summed E-state index contributed by atoms with van der Waals surface area (Å²) >= 11 is 0. The number of pyridine rings is 3. The van der Waals surface area contributed by atoms with Gasteiger partial charge in [0.05, 0.1) is 18.7 Å². The largest absolute Gasteiger partial charge is 0.379 e. The fourth-order valence-corrected chi connectivity index (χ4v) is 3.68. The SMILES string of the molecule is CC(C)(CN1CCOCC1)NC(=O)c1cc(-c2cccnc2)c2cnccc2n1. The van der Waals surface area contributed by atoms with Crippen LogP contribution in [-0.4, -0.2) is 64.1 Å². The lowest BCUT2D eigenvalue weighted by Gasteiger charge is -2.35. The van der Waals surface area contributed by atoms with E-state index >= 15 is 0 Å². The summed E-state index contributed by atoms with van der Waals surface area (Å²) in [6.07, 6.45) is 6.97. The zero-order valence-electron chi connectivity index (χ0n) is 16.8. The summed E-state index contributed by atoms with van der Waals surface area (Å²) in [5.74, 6) is -0.188. The predicted octanol–water partition coefficient (Wildman–Crippen LogP) is 2.53. The van der Waals surface area contributed by atoms with Gasteiger partial charge in [-0.25, -0.2) is 4.98 Å². The molecule has 1 amide bonds. The van der Waals surface area contributed by atoms with Crippen LogP contribution < -0.4 is 5.32 Å². The summed E-state index contributed by atoms with van der Waals surface area (Å²) in [4.78, 5) is 28.4. The van der Waals surface area contributed by atoms with Crippen LogP contribution in [-0.2, 0) is 4.74 Å². The maximum absolute atomic E-state index is 13.1. The molecule has 7 nitrogen and oxygen atoms in total. The van der Waals surface area contributed by atoms with Gasteiger partial charge in [-0.15, -0.1) is 0 Å². The molecular formula is C22H25N5O2. The number of fused-ring (bicyclic) bond motifs is 1. The van der Waals surface area contributed by atoms with Gasteiger partial charge in [-0.05, 0) is 37.6 Å². The lowest BCUT2D eigenvalue weighted by atomic mass is 10.0. The summed E-state index contributed by atoms with van der Waals surface area (Å²) in [5.41, 5.74) is 2.55. The first-order chi connectivity index (χ1) is 14.0. The van der Waals surface area contributed by atoms with Crippen LogP contribution in [0.1, 0.15) is 24.3 Å². The van der Waals surface area contributed by atoms with Crippen LogP contribution in [0.15, 0.2) is 49.1 Å². The van der Waals surface area contributed by atoms with Crippen molar-refractivity contribution in [3.63, 3.8) is 0 Å². The van der Waals surface area contributed by atoms with Crippen molar-refractivity contribution in [1.82, 2.24) is 25.2 Å². The minimum Gasteiger partial charge on any atom is -0.379 e. The number of nitrogens with one attached hydrogen (secondary N) is 1. The molecule has 0 unspecified atom stereocenters. The van der Waals surface area contributed by atoms with Gasteiger partial charge in [-0.2, -0.15) is 0 Å². The maximum atomic E-state index is 13.1. The van der Waals surface area contributed by atoms with Gasteiger partial charge in [0.25, 0.3) is 5.91 Å². The van der Waals surface area contributed by atoms with E-state index in [-0.39, 0.29) is 5.91 Å². The molecule has 0 spiro atoms. The smallest absolute Gasteiger partial charge is 0.270 e. The van der Waals surface area contributed by atoms with Gasteiger partial charge < -0.3 is 10.1 Å². The highest BCUT2D eigenvalue weighted by atomic mass is 16.5. The highest BCUT2D eigenvalue weighted by molar-refractivity contribution is 6.01.